The maximum Gasteiger partial charge on any atom is 0.223 e. The third kappa shape index (κ3) is 4.75. The number of benzene rings is 1. The zero-order valence-corrected chi connectivity index (χ0v) is 13.6. The predicted molar refractivity (Wildman–Crippen MR) is 86.2 cm³/mol. The summed E-state index contributed by atoms with van der Waals surface area (Å²) >= 11 is 0. The molecule has 0 spiro atoms. The molecular weight excluding hydrogens is 297 g/mol. The molecule has 128 valence electrons. The van der Waals surface area contributed by atoms with Gasteiger partial charge in [-0.1, -0.05) is 31.4 Å². The summed E-state index contributed by atoms with van der Waals surface area (Å²) in [5, 5.41) is 22.7. The van der Waals surface area contributed by atoms with Crippen molar-refractivity contribution in [2.75, 3.05) is 6.61 Å². The highest BCUT2D eigenvalue weighted by atomic mass is 19.1. The van der Waals surface area contributed by atoms with Crippen LogP contribution in [0.25, 0.3) is 0 Å². The van der Waals surface area contributed by atoms with Gasteiger partial charge >= 0.3 is 0 Å². The fourth-order valence-corrected chi connectivity index (χ4v) is 3.39. The molecule has 1 aromatic carbocycles. The minimum atomic E-state index is -1.06. The van der Waals surface area contributed by atoms with Crippen LogP contribution in [-0.4, -0.2) is 28.3 Å². The Morgan fingerprint density at radius 3 is 2.70 bits per heavy atom. The van der Waals surface area contributed by atoms with Gasteiger partial charge in [0.2, 0.25) is 5.91 Å². The quantitative estimate of drug-likeness (QED) is 0.754. The van der Waals surface area contributed by atoms with Crippen molar-refractivity contribution in [3.63, 3.8) is 0 Å². The van der Waals surface area contributed by atoms with Crippen molar-refractivity contribution in [3.8, 4) is 0 Å². The number of rotatable bonds is 6. The lowest BCUT2D eigenvalue weighted by Crippen LogP contribution is -2.54. The third-order valence-electron chi connectivity index (χ3n) is 4.87. The van der Waals surface area contributed by atoms with Gasteiger partial charge in [0.15, 0.2) is 0 Å². The van der Waals surface area contributed by atoms with Crippen molar-refractivity contribution >= 4 is 5.91 Å². The van der Waals surface area contributed by atoms with E-state index in [4.69, 9.17) is 0 Å². The Kier molecular flexibility index (Phi) is 6.13. The van der Waals surface area contributed by atoms with Crippen LogP contribution in [0.3, 0.4) is 0 Å². The van der Waals surface area contributed by atoms with Crippen molar-refractivity contribution < 1.29 is 19.4 Å². The molecule has 4 nitrogen and oxygen atoms in total. The second kappa shape index (κ2) is 7.88. The number of aliphatic hydroxyl groups excluding tert-OH is 2. The van der Waals surface area contributed by atoms with Crippen molar-refractivity contribution in [1.29, 1.82) is 0 Å². The molecule has 1 aliphatic rings. The fourth-order valence-electron chi connectivity index (χ4n) is 3.39. The molecule has 0 bridgehead atoms. The topological polar surface area (TPSA) is 69.6 Å². The summed E-state index contributed by atoms with van der Waals surface area (Å²) in [4.78, 5) is 12.3. The van der Waals surface area contributed by atoms with E-state index in [1.807, 2.05) is 6.92 Å². The van der Waals surface area contributed by atoms with Crippen LogP contribution in [0, 0.1) is 11.7 Å². The molecule has 1 aliphatic carbocycles. The van der Waals surface area contributed by atoms with Gasteiger partial charge in [-0.2, -0.15) is 0 Å². The number of nitrogens with one attached hydrogen (secondary N) is 1. The molecule has 1 aromatic rings. The number of carbonyl (C=O) groups is 1. The van der Waals surface area contributed by atoms with Crippen LogP contribution in [0.4, 0.5) is 4.39 Å². The SMILES string of the molecule is C[C@](CO)(NC(=O)C[C@H](O)c1cccc(F)c1)C1CCCCC1. The summed E-state index contributed by atoms with van der Waals surface area (Å²) < 4.78 is 13.2. The number of amides is 1. The maximum atomic E-state index is 13.2. The van der Waals surface area contributed by atoms with Crippen LogP contribution < -0.4 is 5.32 Å². The Labute approximate surface area is 136 Å². The summed E-state index contributed by atoms with van der Waals surface area (Å²) in [6.45, 7) is 1.73. The molecule has 2 rings (SSSR count). The van der Waals surface area contributed by atoms with Crippen molar-refractivity contribution in [2.45, 2.75) is 57.1 Å². The van der Waals surface area contributed by atoms with Crippen molar-refractivity contribution in [2.24, 2.45) is 5.92 Å². The number of hydrogen-bond donors (Lipinski definition) is 3. The summed E-state index contributed by atoms with van der Waals surface area (Å²) in [6, 6.07) is 5.62. The molecule has 0 unspecified atom stereocenters. The lowest BCUT2D eigenvalue weighted by molar-refractivity contribution is -0.126. The van der Waals surface area contributed by atoms with E-state index < -0.39 is 17.5 Å². The van der Waals surface area contributed by atoms with Gasteiger partial charge in [-0.3, -0.25) is 4.79 Å². The zero-order chi connectivity index (χ0) is 16.9. The van der Waals surface area contributed by atoms with Crippen LogP contribution in [0.5, 0.6) is 0 Å². The van der Waals surface area contributed by atoms with Crippen LogP contribution in [0.15, 0.2) is 24.3 Å². The van der Waals surface area contributed by atoms with Gasteiger partial charge < -0.3 is 15.5 Å². The highest BCUT2D eigenvalue weighted by Gasteiger charge is 2.36. The van der Waals surface area contributed by atoms with Gasteiger partial charge in [-0.05, 0) is 43.4 Å². The van der Waals surface area contributed by atoms with E-state index in [1.54, 1.807) is 6.07 Å². The second-order valence-corrected chi connectivity index (χ2v) is 6.73. The first-order valence-corrected chi connectivity index (χ1v) is 8.30. The first-order chi connectivity index (χ1) is 10.9. The standard InChI is InChI=1S/C18H26FNO3/c1-18(12-21,14-7-3-2-4-8-14)20-17(23)11-16(22)13-6-5-9-15(19)10-13/h5-6,9-10,14,16,21-22H,2-4,7-8,11-12H2,1H3,(H,20,23)/t16-,18+/m0/s1. The normalized spacial score (nSPS) is 19.8. The lowest BCUT2D eigenvalue weighted by Gasteiger charge is -2.39. The molecule has 1 amide bonds. The molecule has 0 radical (unpaired) electrons. The van der Waals surface area contributed by atoms with Gasteiger partial charge in [0.05, 0.1) is 24.7 Å². The highest BCUT2D eigenvalue weighted by molar-refractivity contribution is 5.77. The van der Waals surface area contributed by atoms with Crippen molar-refractivity contribution in [3.05, 3.63) is 35.6 Å². The monoisotopic (exact) mass is 323 g/mol. The van der Waals surface area contributed by atoms with E-state index in [9.17, 15) is 19.4 Å². The van der Waals surface area contributed by atoms with Crippen LogP contribution in [0.1, 0.15) is 57.1 Å². The molecule has 0 saturated heterocycles. The molecule has 3 N–H and O–H groups in total. The fraction of sp³-hybridized carbons (Fsp3) is 0.611. The van der Waals surface area contributed by atoms with E-state index in [-0.39, 0.29) is 24.9 Å². The minimum absolute atomic E-state index is 0.126. The number of carbonyl (C=O) groups excluding carboxylic acids is 1. The van der Waals surface area contributed by atoms with Crippen LogP contribution in [0.2, 0.25) is 0 Å². The van der Waals surface area contributed by atoms with Crippen molar-refractivity contribution in [1.82, 2.24) is 5.32 Å². The summed E-state index contributed by atoms with van der Waals surface area (Å²) in [7, 11) is 0. The molecule has 0 aliphatic heterocycles. The van der Waals surface area contributed by atoms with E-state index in [0.29, 0.717) is 5.56 Å². The number of hydrogen-bond acceptors (Lipinski definition) is 3. The largest absolute Gasteiger partial charge is 0.394 e. The Morgan fingerprint density at radius 1 is 1.39 bits per heavy atom. The molecule has 1 fully saturated rings. The summed E-state index contributed by atoms with van der Waals surface area (Å²) in [5.41, 5.74) is -0.289. The van der Waals surface area contributed by atoms with Crippen LogP contribution >= 0.6 is 0 Å². The van der Waals surface area contributed by atoms with E-state index in [2.05, 4.69) is 5.32 Å². The lowest BCUT2D eigenvalue weighted by atomic mass is 9.76. The van der Waals surface area contributed by atoms with Gasteiger partial charge in [0.1, 0.15) is 5.82 Å². The van der Waals surface area contributed by atoms with E-state index in [1.165, 1.54) is 24.6 Å². The average Bonchev–Trinajstić information content (AvgIpc) is 2.55. The average molecular weight is 323 g/mol. The first kappa shape index (κ1) is 17.9. The molecule has 1 saturated carbocycles. The molecule has 2 atom stereocenters. The van der Waals surface area contributed by atoms with Crippen LogP contribution in [-0.2, 0) is 4.79 Å². The molecule has 5 heteroatoms. The first-order valence-electron chi connectivity index (χ1n) is 8.30. The predicted octanol–water partition coefficient (Wildman–Crippen LogP) is 2.70. The summed E-state index contributed by atoms with van der Waals surface area (Å²) in [6.07, 6.45) is 4.20. The number of halogens is 1. The highest BCUT2D eigenvalue weighted by Crippen LogP contribution is 2.32. The molecule has 0 aromatic heterocycles. The van der Waals surface area contributed by atoms with Gasteiger partial charge in [0, 0.05) is 0 Å². The number of aliphatic hydroxyl groups is 2. The van der Waals surface area contributed by atoms with Gasteiger partial charge in [-0.15, -0.1) is 0 Å². The Balaban J connectivity index is 1.96. The second-order valence-electron chi connectivity index (χ2n) is 6.73. The van der Waals surface area contributed by atoms with E-state index >= 15 is 0 Å². The Hall–Kier alpha value is -1.46. The minimum Gasteiger partial charge on any atom is -0.394 e. The molecule has 0 heterocycles. The summed E-state index contributed by atoms with van der Waals surface area (Å²) in [5.74, 6) is -0.523. The Bertz CT molecular complexity index is 531. The van der Waals surface area contributed by atoms with Gasteiger partial charge in [-0.25, -0.2) is 4.39 Å². The molecule has 23 heavy (non-hydrogen) atoms. The Morgan fingerprint density at radius 2 is 2.09 bits per heavy atom. The smallest absolute Gasteiger partial charge is 0.223 e. The maximum absolute atomic E-state index is 13.2. The van der Waals surface area contributed by atoms with E-state index in [0.717, 1.165) is 25.7 Å². The van der Waals surface area contributed by atoms with Gasteiger partial charge in [0.25, 0.3) is 0 Å². The molecular formula is C18H26FNO3. The third-order valence-corrected chi connectivity index (χ3v) is 4.87. The zero-order valence-electron chi connectivity index (χ0n) is 13.6.